The molecule has 2 rings (SSSR count). The van der Waals surface area contributed by atoms with Crippen molar-refractivity contribution in [3.05, 3.63) is 23.4 Å². The Morgan fingerprint density at radius 3 is 2.95 bits per heavy atom. The highest BCUT2D eigenvalue weighted by Crippen LogP contribution is 2.30. The van der Waals surface area contributed by atoms with Crippen molar-refractivity contribution in [3.8, 4) is 5.88 Å². The Morgan fingerprint density at radius 1 is 1.47 bits per heavy atom. The van der Waals surface area contributed by atoms with Gasteiger partial charge in [0.25, 0.3) is 0 Å². The predicted octanol–water partition coefficient (Wildman–Crippen LogP) is 3.37. The average molecular weight is 278 g/mol. The summed E-state index contributed by atoms with van der Waals surface area (Å²) >= 11 is 5.06. The number of thiocarbonyl (C=S) groups is 1. The second kappa shape index (κ2) is 6.33. The van der Waals surface area contributed by atoms with E-state index in [4.69, 9.17) is 22.7 Å². The molecule has 0 aromatic carbocycles. The highest BCUT2D eigenvalue weighted by Gasteiger charge is 2.23. The van der Waals surface area contributed by atoms with Crippen LogP contribution in [0.5, 0.6) is 5.88 Å². The maximum Gasteiger partial charge on any atom is 0.224 e. The average Bonchev–Trinajstić information content (AvgIpc) is 2.38. The number of rotatable bonds is 4. The summed E-state index contributed by atoms with van der Waals surface area (Å²) in [5, 5.41) is 0. The van der Waals surface area contributed by atoms with Gasteiger partial charge in [-0.3, -0.25) is 0 Å². The second-order valence-corrected chi connectivity index (χ2v) is 5.79. The van der Waals surface area contributed by atoms with Crippen molar-refractivity contribution < 1.29 is 4.74 Å². The molecule has 1 fully saturated rings. The molecular formula is C15H22N2OS. The molecule has 1 aliphatic carbocycles. The quantitative estimate of drug-likeness (QED) is 0.858. The fraction of sp³-hybridized carbons (Fsp3) is 0.600. The molecular weight excluding hydrogens is 256 g/mol. The summed E-state index contributed by atoms with van der Waals surface area (Å²) in [4.78, 5) is 4.80. The van der Waals surface area contributed by atoms with Gasteiger partial charge in [0.05, 0.1) is 5.56 Å². The van der Waals surface area contributed by atoms with E-state index >= 15 is 0 Å². The number of aromatic nitrogens is 1. The maximum atomic E-state index is 6.08. The van der Waals surface area contributed by atoms with E-state index in [1.54, 1.807) is 0 Å². The zero-order chi connectivity index (χ0) is 13.8. The zero-order valence-corrected chi connectivity index (χ0v) is 12.5. The number of aryl methyl sites for hydroxylation is 1. The molecule has 104 valence electrons. The van der Waals surface area contributed by atoms with Gasteiger partial charge in [0, 0.05) is 5.69 Å². The predicted molar refractivity (Wildman–Crippen MR) is 81.5 cm³/mol. The first-order chi connectivity index (χ1) is 9.10. The van der Waals surface area contributed by atoms with Crippen molar-refractivity contribution in [1.29, 1.82) is 0 Å². The standard InChI is InChI=1S/C15H22N2OS/c1-3-11-5-4-6-12(9-11)18-15-13(14(16)19)8-7-10(2)17-15/h7-8,11-12H,3-6,9H2,1-2H3,(H2,16,19). The number of nitrogens with two attached hydrogens (primary N) is 1. The summed E-state index contributed by atoms with van der Waals surface area (Å²) in [7, 11) is 0. The second-order valence-electron chi connectivity index (χ2n) is 5.35. The van der Waals surface area contributed by atoms with Gasteiger partial charge in [-0.2, -0.15) is 0 Å². The number of hydrogen-bond acceptors (Lipinski definition) is 3. The van der Waals surface area contributed by atoms with Gasteiger partial charge in [0.1, 0.15) is 11.1 Å². The van der Waals surface area contributed by atoms with Gasteiger partial charge in [-0.05, 0) is 44.2 Å². The Hall–Kier alpha value is -1.16. The van der Waals surface area contributed by atoms with Gasteiger partial charge in [0.2, 0.25) is 5.88 Å². The lowest BCUT2D eigenvalue weighted by atomic mass is 9.85. The van der Waals surface area contributed by atoms with Crippen LogP contribution in [0.25, 0.3) is 0 Å². The molecule has 1 heterocycles. The molecule has 2 N–H and O–H groups in total. The van der Waals surface area contributed by atoms with E-state index in [9.17, 15) is 0 Å². The smallest absolute Gasteiger partial charge is 0.224 e. The van der Waals surface area contributed by atoms with Crippen LogP contribution in [0.1, 0.15) is 50.3 Å². The number of nitrogens with zero attached hydrogens (tertiary/aromatic N) is 1. The lowest BCUT2D eigenvalue weighted by Crippen LogP contribution is -2.26. The largest absolute Gasteiger partial charge is 0.474 e. The van der Waals surface area contributed by atoms with Crippen LogP contribution < -0.4 is 10.5 Å². The lowest BCUT2D eigenvalue weighted by Gasteiger charge is -2.29. The first-order valence-electron chi connectivity index (χ1n) is 7.04. The minimum atomic E-state index is 0.251. The summed E-state index contributed by atoms with van der Waals surface area (Å²) in [5.74, 6) is 1.38. The minimum absolute atomic E-state index is 0.251. The summed E-state index contributed by atoms with van der Waals surface area (Å²) in [5.41, 5.74) is 7.41. The maximum absolute atomic E-state index is 6.08. The van der Waals surface area contributed by atoms with Gasteiger partial charge < -0.3 is 10.5 Å². The summed E-state index contributed by atoms with van der Waals surface area (Å²) in [6.45, 7) is 4.20. The number of hydrogen-bond donors (Lipinski definition) is 1. The molecule has 1 aromatic rings. The van der Waals surface area contributed by atoms with Crippen molar-refractivity contribution in [2.45, 2.75) is 52.1 Å². The molecule has 0 saturated heterocycles. The number of ether oxygens (including phenoxy) is 1. The first kappa shape index (κ1) is 14.3. The van der Waals surface area contributed by atoms with E-state index in [-0.39, 0.29) is 6.10 Å². The molecule has 0 spiro atoms. The lowest BCUT2D eigenvalue weighted by molar-refractivity contribution is 0.117. The van der Waals surface area contributed by atoms with Crippen molar-refractivity contribution in [2.75, 3.05) is 0 Å². The molecule has 1 aliphatic rings. The third-order valence-electron chi connectivity index (χ3n) is 3.86. The molecule has 1 saturated carbocycles. The molecule has 4 heteroatoms. The van der Waals surface area contributed by atoms with Gasteiger partial charge in [-0.25, -0.2) is 4.98 Å². The molecule has 0 aliphatic heterocycles. The number of pyridine rings is 1. The van der Waals surface area contributed by atoms with Crippen molar-refractivity contribution >= 4 is 17.2 Å². The van der Waals surface area contributed by atoms with Crippen LogP contribution in [0.4, 0.5) is 0 Å². The highest BCUT2D eigenvalue weighted by atomic mass is 32.1. The Morgan fingerprint density at radius 2 is 2.26 bits per heavy atom. The van der Waals surface area contributed by atoms with E-state index in [2.05, 4.69) is 11.9 Å². The molecule has 2 atom stereocenters. The molecule has 0 radical (unpaired) electrons. The SMILES string of the molecule is CCC1CCCC(Oc2nc(C)ccc2C(N)=S)C1. The van der Waals surface area contributed by atoms with Crippen LogP contribution in [-0.2, 0) is 0 Å². The highest BCUT2D eigenvalue weighted by molar-refractivity contribution is 7.80. The first-order valence-corrected chi connectivity index (χ1v) is 7.45. The monoisotopic (exact) mass is 278 g/mol. The van der Waals surface area contributed by atoms with Crippen LogP contribution in [0.3, 0.4) is 0 Å². The summed E-state index contributed by atoms with van der Waals surface area (Å²) in [6, 6.07) is 3.82. The van der Waals surface area contributed by atoms with Crippen LogP contribution in [0.15, 0.2) is 12.1 Å². The van der Waals surface area contributed by atoms with E-state index in [1.165, 1.54) is 19.3 Å². The van der Waals surface area contributed by atoms with Crippen molar-refractivity contribution in [2.24, 2.45) is 11.7 Å². The minimum Gasteiger partial charge on any atom is -0.474 e. The van der Waals surface area contributed by atoms with E-state index in [0.717, 1.165) is 30.0 Å². The van der Waals surface area contributed by atoms with Crippen LogP contribution in [-0.4, -0.2) is 16.1 Å². The Balaban J connectivity index is 2.13. The van der Waals surface area contributed by atoms with Crippen molar-refractivity contribution in [1.82, 2.24) is 4.98 Å². The van der Waals surface area contributed by atoms with E-state index in [1.807, 2.05) is 19.1 Å². The molecule has 2 unspecified atom stereocenters. The molecule has 19 heavy (non-hydrogen) atoms. The zero-order valence-electron chi connectivity index (χ0n) is 11.7. The van der Waals surface area contributed by atoms with Crippen LogP contribution in [0, 0.1) is 12.8 Å². The Kier molecular flexibility index (Phi) is 4.75. The van der Waals surface area contributed by atoms with Gasteiger partial charge in [-0.1, -0.05) is 32.0 Å². The van der Waals surface area contributed by atoms with Gasteiger partial charge >= 0.3 is 0 Å². The summed E-state index contributed by atoms with van der Waals surface area (Å²) < 4.78 is 6.08. The molecule has 3 nitrogen and oxygen atoms in total. The molecule has 0 amide bonds. The van der Waals surface area contributed by atoms with Crippen LogP contribution >= 0.6 is 12.2 Å². The summed E-state index contributed by atoms with van der Waals surface area (Å²) in [6.07, 6.45) is 6.24. The van der Waals surface area contributed by atoms with Gasteiger partial charge in [-0.15, -0.1) is 0 Å². The third kappa shape index (κ3) is 3.66. The van der Waals surface area contributed by atoms with E-state index < -0.39 is 0 Å². The molecule has 0 bridgehead atoms. The third-order valence-corrected chi connectivity index (χ3v) is 4.08. The van der Waals surface area contributed by atoms with E-state index in [0.29, 0.717) is 10.9 Å². The normalized spacial score (nSPS) is 23.1. The Labute approximate surface area is 120 Å². The fourth-order valence-electron chi connectivity index (χ4n) is 2.69. The van der Waals surface area contributed by atoms with Crippen molar-refractivity contribution in [3.63, 3.8) is 0 Å². The fourth-order valence-corrected chi connectivity index (χ4v) is 2.84. The molecule has 1 aromatic heterocycles. The van der Waals surface area contributed by atoms with Crippen LogP contribution in [0.2, 0.25) is 0 Å². The topological polar surface area (TPSA) is 48.1 Å². The Bertz CT molecular complexity index is 461. The van der Waals surface area contributed by atoms with Gasteiger partial charge in [0.15, 0.2) is 0 Å².